The summed E-state index contributed by atoms with van der Waals surface area (Å²) < 4.78 is 61.6. The van der Waals surface area contributed by atoms with Crippen molar-refractivity contribution in [3.05, 3.63) is 122 Å². The third-order valence-corrected chi connectivity index (χ3v) is 13.2. The maximum absolute atomic E-state index is 13.3. The molecule has 2 aromatic heterocycles. The molecule has 4 aromatic carbocycles. The average Bonchev–Trinajstić information content (AvgIpc) is 3.78. The highest BCUT2D eigenvalue weighted by molar-refractivity contribution is 7.91. The van der Waals surface area contributed by atoms with Crippen LogP contribution in [0.2, 0.25) is 10.0 Å². The van der Waals surface area contributed by atoms with Crippen LogP contribution in [0.1, 0.15) is 18.6 Å². The molecule has 3 heterocycles. The molecule has 0 atom stereocenters. The lowest BCUT2D eigenvalue weighted by molar-refractivity contribution is 0.122. The Morgan fingerprint density at radius 2 is 1.09 bits per heavy atom. The number of aromatic amines is 2. The van der Waals surface area contributed by atoms with Crippen molar-refractivity contribution in [3.8, 4) is 11.4 Å². The number of rotatable bonds is 7. The summed E-state index contributed by atoms with van der Waals surface area (Å²) in [6.45, 7) is 6.01. The Bertz CT molecular complexity index is 2600. The van der Waals surface area contributed by atoms with Crippen LogP contribution in [0.3, 0.4) is 0 Å². The number of benzene rings is 4. The van der Waals surface area contributed by atoms with Gasteiger partial charge in [-0.25, -0.2) is 16.8 Å². The number of nitrogens with zero attached hydrogens (tertiary/aromatic N) is 5. The Balaban J connectivity index is 0.000000206. The van der Waals surface area contributed by atoms with Crippen LogP contribution < -0.4 is 4.90 Å². The maximum atomic E-state index is 13.3. The van der Waals surface area contributed by atoms with E-state index >= 15 is 0 Å². The molecule has 2 N–H and O–H groups in total. The molecule has 0 spiro atoms. The van der Waals surface area contributed by atoms with Crippen molar-refractivity contribution in [1.82, 2.24) is 29.5 Å². The minimum atomic E-state index is -3.71. The Morgan fingerprint density at radius 1 is 0.642 bits per heavy atom. The van der Waals surface area contributed by atoms with Gasteiger partial charge in [0.25, 0.3) is 0 Å². The van der Waals surface area contributed by atoms with Crippen LogP contribution in [0.4, 0.5) is 5.69 Å². The molecule has 1 aliphatic heterocycles. The molecule has 12 nitrogen and oxygen atoms in total. The minimum absolute atomic E-state index is 0. The number of hydrogen-bond acceptors (Lipinski definition) is 10. The lowest BCUT2D eigenvalue weighted by Crippen LogP contribution is -2.37. The van der Waals surface area contributed by atoms with Gasteiger partial charge in [0.2, 0.25) is 19.7 Å². The molecule has 1 saturated heterocycles. The first-order chi connectivity index (χ1) is 24.8. The third-order valence-electron chi connectivity index (χ3n) is 8.28. The molecule has 0 aliphatic carbocycles. The van der Waals surface area contributed by atoms with Gasteiger partial charge in [0, 0.05) is 28.8 Å². The Morgan fingerprint density at radius 3 is 1.58 bits per heavy atom. The van der Waals surface area contributed by atoms with Crippen molar-refractivity contribution in [1.29, 1.82) is 0 Å². The van der Waals surface area contributed by atoms with E-state index in [1.165, 1.54) is 18.5 Å². The van der Waals surface area contributed by atoms with E-state index in [1.807, 2.05) is 0 Å². The monoisotopic (exact) mass is 831 g/mol. The fourth-order valence-electron chi connectivity index (χ4n) is 5.41. The van der Waals surface area contributed by atoms with Gasteiger partial charge >= 0.3 is 0 Å². The molecular formula is C35H35Cl2N7O5S4. The van der Waals surface area contributed by atoms with Gasteiger partial charge in [-0.05, 0) is 128 Å². The summed E-state index contributed by atoms with van der Waals surface area (Å²) in [5.41, 5.74) is 3.68. The van der Waals surface area contributed by atoms with E-state index in [1.54, 1.807) is 96.0 Å². The van der Waals surface area contributed by atoms with Crippen LogP contribution >= 0.6 is 47.6 Å². The first kappa shape index (κ1) is 40.0. The summed E-state index contributed by atoms with van der Waals surface area (Å²) in [6, 6.07) is 20.9. The largest absolute Gasteiger partial charge is 0.378 e. The van der Waals surface area contributed by atoms with Crippen LogP contribution in [-0.4, -0.2) is 72.7 Å². The number of aromatic nitrogens is 6. The second-order valence-corrected chi connectivity index (χ2v) is 17.1. The predicted molar refractivity (Wildman–Crippen MR) is 211 cm³/mol. The molecule has 6 aromatic rings. The van der Waals surface area contributed by atoms with Gasteiger partial charge in [-0.3, -0.25) is 19.3 Å². The van der Waals surface area contributed by atoms with Crippen LogP contribution in [0, 0.1) is 23.4 Å². The molecule has 18 heteroatoms. The van der Waals surface area contributed by atoms with Crippen molar-refractivity contribution in [2.45, 2.75) is 40.9 Å². The van der Waals surface area contributed by atoms with E-state index in [0.29, 0.717) is 57.0 Å². The van der Waals surface area contributed by atoms with E-state index in [4.69, 9.17) is 52.4 Å². The predicted octanol–water partition coefficient (Wildman–Crippen LogP) is 7.92. The number of sulfone groups is 2. The van der Waals surface area contributed by atoms with Crippen molar-refractivity contribution in [2.75, 3.05) is 31.2 Å². The molecule has 278 valence electrons. The molecule has 0 unspecified atom stereocenters. The lowest BCUT2D eigenvalue weighted by Gasteiger charge is -2.31. The fourth-order valence-corrected chi connectivity index (χ4v) is 8.76. The number of morpholine rings is 1. The lowest BCUT2D eigenvalue weighted by atomic mass is 10.2. The van der Waals surface area contributed by atoms with E-state index in [9.17, 15) is 16.8 Å². The number of aryl methyl sites for hydroxylation is 2. The van der Waals surface area contributed by atoms with Gasteiger partial charge in [0.1, 0.15) is 12.7 Å². The minimum Gasteiger partial charge on any atom is -0.378 e. The Kier molecular flexibility index (Phi) is 12.4. The molecule has 0 bridgehead atoms. The van der Waals surface area contributed by atoms with E-state index < -0.39 is 19.7 Å². The highest BCUT2D eigenvalue weighted by Crippen LogP contribution is 2.32. The van der Waals surface area contributed by atoms with Crippen LogP contribution in [0.5, 0.6) is 0 Å². The second-order valence-electron chi connectivity index (χ2n) is 11.6. The number of ether oxygens (including phenoxy) is 1. The molecule has 1 aliphatic rings. The zero-order valence-electron chi connectivity index (χ0n) is 27.7. The van der Waals surface area contributed by atoms with Gasteiger partial charge in [0.05, 0.1) is 44.2 Å². The summed E-state index contributed by atoms with van der Waals surface area (Å²) in [6.07, 6.45) is 3.12. The SMILES string of the molecule is C.Cc1cc(S(=O)(=O)c2ccc(-n3cn[nH]c3=S)c(N3CCOCC3)c2)ccc1Cl.Cc1cc(S(=O)(=O)c2ccc(-n3cn[nH]c3=S)cc2)ccc1Cl. The highest BCUT2D eigenvalue weighted by atomic mass is 35.5. The molecule has 53 heavy (non-hydrogen) atoms. The van der Waals surface area contributed by atoms with Gasteiger partial charge in [0.15, 0.2) is 9.54 Å². The van der Waals surface area contributed by atoms with Crippen LogP contribution in [0.15, 0.2) is 111 Å². The maximum Gasteiger partial charge on any atom is 0.206 e. The molecular weight excluding hydrogens is 798 g/mol. The average molecular weight is 833 g/mol. The van der Waals surface area contributed by atoms with Crippen LogP contribution in [0.25, 0.3) is 11.4 Å². The fraction of sp³-hybridized carbons (Fsp3) is 0.200. The van der Waals surface area contributed by atoms with Gasteiger partial charge in [-0.15, -0.1) is 0 Å². The zero-order valence-corrected chi connectivity index (χ0v) is 32.4. The number of H-pyrrole nitrogens is 2. The highest BCUT2D eigenvalue weighted by Gasteiger charge is 2.24. The standard InChI is InChI=1S/C19H19ClN4O3S2.C15H12ClN3O2S2.CH4/c1-13-10-14(2-4-16(13)20)29(25,26)15-3-5-17(24-12-21-22-19(24)28)18(11-15)23-6-8-27-9-7-23;1-10-8-13(6-7-14(10)16)23(20,21)12-4-2-11(3-5-12)19-9-17-18-15(19)22;/h2-5,10-12H,6-9H2,1H3,(H,22,28);2-9H,1H3,(H,18,22);1H4. The molecule has 1 fully saturated rings. The topological polar surface area (TPSA) is 148 Å². The third kappa shape index (κ3) is 8.49. The van der Waals surface area contributed by atoms with E-state index in [0.717, 1.165) is 17.1 Å². The molecule has 0 amide bonds. The van der Waals surface area contributed by atoms with Crippen molar-refractivity contribution in [2.24, 2.45) is 0 Å². The number of hydrogen-bond donors (Lipinski definition) is 2. The molecule has 0 radical (unpaired) electrons. The summed E-state index contributed by atoms with van der Waals surface area (Å²) in [5.74, 6) is 0. The number of nitrogens with one attached hydrogen (secondary N) is 2. The molecule has 7 rings (SSSR count). The quantitative estimate of drug-likeness (QED) is 0.152. The Labute approximate surface area is 327 Å². The normalized spacial score (nSPS) is 13.2. The summed E-state index contributed by atoms with van der Waals surface area (Å²) >= 11 is 22.4. The number of halogens is 2. The summed E-state index contributed by atoms with van der Waals surface area (Å²) in [4.78, 5) is 2.93. The van der Waals surface area contributed by atoms with Gasteiger partial charge < -0.3 is 9.64 Å². The first-order valence-electron chi connectivity index (χ1n) is 15.6. The van der Waals surface area contributed by atoms with Gasteiger partial charge in [-0.1, -0.05) is 30.6 Å². The van der Waals surface area contributed by atoms with Gasteiger partial charge in [-0.2, -0.15) is 10.2 Å². The van der Waals surface area contributed by atoms with Crippen molar-refractivity contribution < 1.29 is 21.6 Å². The molecule has 0 saturated carbocycles. The number of anilines is 1. The Hall–Kier alpha value is -4.16. The van der Waals surface area contributed by atoms with Crippen LogP contribution in [-0.2, 0) is 24.4 Å². The first-order valence-corrected chi connectivity index (χ1v) is 20.2. The summed E-state index contributed by atoms with van der Waals surface area (Å²) in [7, 11) is -7.30. The second kappa shape index (κ2) is 16.5. The van der Waals surface area contributed by atoms with Crippen molar-refractivity contribution >= 4 is 73.0 Å². The smallest absolute Gasteiger partial charge is 0.206 e. The van der Waals surface area contributed by atoms with E-state index in [2.05, 4.69) is 25.3 Å². The van der Waals surface area contributed by atoms with E-state index in [-0.39, 0.29) is 27.0 Å². The summed E-state index contributed by atoms with van der Waals surface area (Å²) in [5, 5.41) is 14.3. The zero-order chi connectivity index (χ0) is 37.2. The van der Waals surface area contributed by atoms with Crippen molar-refractivity contribution in [3.63, 3.8) is 0 Å².